The Kier molecular flexibility index (Phi) is 9.39. The van der Waals surface area contributed by atoms with Gasteiger partial charge >= 0.3 is 0 Å². The topological polar surface area (TPSA) is 67.2 Å². The fourth-order valence-electron chi connectivity index (χ4n) is 3.83. The summed E-state index contributed by atoms with van der Waals surface area (Å²) in [5.74, 6) is 1.18. The summed E-state index contributed by atoms with van der Waals surface area (Å²) >= 11 is 1.59. The van der Waals surface area contributed by atoms with E-state index in [2.05, 4.69) is 43.2 Å². The number of hydrogen-bond donors (Lipinski definition) is 3. The van der Waals surface area contributed by atoms with Crippen molar-refractivity contribution < 1.29 is 4.79 Å². The standard InChI is InChI=1S/C23H37N3OS/c1-16(2)19-11-12-20(24)22(14-19)28-17(3)10-13-23(27)26-21(15-25-4)18-8-6-5-7-9-18/h11-12,14,16,18,21,25H,3,5-10,13,15,24H2,1-2,4H3,(H,26,27). The molecule has 1 aliphatic carbocycles. The molecule has 1 aromatic rings. The molecule has 2 rings (SSSR count). The van der Waals surface area contributed by atoms with E-state index in [-0.39, 0.29) is 11.9 Å². The van der Waals surface area contributed by atoms with Gasteiger partial charge in [-0.05, 0) is 60.7 Å². The van der Waals surface area contributed by atoms with Crippen LogP contribution in [0.2, 0.25) is 0 Å². The molecule has 5 heteroatoms. The first-order valence-corrected chi connectivity index (χ1v) is 11.4. The number of nitrogens with two attached hydrogens (primary N) is 1. The average Bonchev–Trinajstić information content (AvgIpc) is 2.68. The van der Waals surface area contributed by atoms with Crippen LogP contribution in [-0.2, 0) is 4.79 Å². The van der Waals surface area contributed by atoms with Gasteiger partial charge in [-0.25, -0.2) is 0 Å². The van der Waals surface area contributed by atoms with Crippen molar-refractivity contribution >= 4 is 23.4 Å². The molecule has 156 valence electrons. The van der Waals surface area contributed by atoms with E-state index in [1.807, 2.05) is 13.1 Å². The van der Waals surface area contributed by atoms with Gasteiger partial charge in [0.15, 0.2) is 0 Å². The van der Waals surface area contributed by atoms with Crippen LogP contribution in [0, 0.1) is 5.92 Å². The number of thioether (sulfide) groups is 1. The molecule has 0 radical (unpaired) electrons. The summed E-state index contributed by atoms with van der Waals surface area (Å²) in [7, 11) is 1.95. The molecule has 1 aromatic carbocycles. The van der Waals surface area contributed by atoms with Crippen LogP contribution in [0.3, 0.4) is 0 Å². The van der Waals surface area contributed by atoms with E-state index in [4.69, 9.17) is 5.73 Å². The van der Waals surface area contributed by atoms with Crippen molar-refractivity contribution in [1.29, 1.82) is 0 Å². The van der Waals surface area contributed by atoms with Gasteiger partial charge in [-0.3, -0.25) is 4.79 Å². The van der Waals surface area contributed by atoms with Crippen molar-refractivity contribution in [2.45, 2.75) is 75.6 Å². The van der Waals surface area contributed by atoms with Crippen molar-refractivity contribution in [3.05, 3.63) is 35.2 Å². The maximum Gasteiger partial charge on any atom is 0.220 e. The minimum absolute atomic E-state index is 0.122. The highest BCUT2D eigenvalue weighted by atomic mass is 32.2. The number of benzene rings is 1. The minimum atomic E-state index is 0.122. The molecule has 0 spiro atoms. The van der Waals surface area contributed by atoms with Crippen LogP contribution in [0.25, 0.3) is 0 Å². The second kappa shape index (κ2) is 11.5. The van der Waals surface area contributed by atoms with Crippen LogP contribution in [0.4, 0.5) is 5.69 Å². The van der Waals surface area contributed by atoms with Gasteiger partial charge in [-0.15, -0.1) is 0 Å². The number of rotatable bonds is 10. The summed E-state index contributed by atoms with van der Waals surface area (Å²) < 4.78 is 0. The molecular weight excluding hydrogens is 366 g/mol. The fourth-order valence-corrected chi connectivity index (χ4v) is 4.72. The summed E-state index contributed by atoms with van der Waals surface area (Å²) in [4.78, 5) is 14.5. The number of likely N-dealkylation sites (N-methyl/N-ethyl adjacent to an activating group) is 1. The first-order valence-electron chi connectivity index (χ1n) is 10.6. The summed E-state index contributed by atoms with van der Waals surface area (Å²) in [5.41, 5.74) is 8.17. The number of allylic oxidation sites excluding steroid dienone is 1. The van der Waals surface area contributed by atoms with Crippen LogP contribution in [-0.4, -0.2) is 25.5 Å². The maximum absolute atomic E-state index is 12.5. The molecule has 4 nitrogen and oxygen atoms in total. The quantitative estimate of drug-likeness (QED) is 0.377. The molecule has 4 N–H and O–H groups in total. The van der Waals surface area contributed by atoms with Gasteiger partial charge in [0.2, 0.25) is 5.91 Å². The summed E-state index contributed by atoms with van der Waals surface area (Å²) in [6.45, 7) is 9.34. The number of nitrogens with one attached hydrogen (secondary N) is 2. The minimum Gasteiger partial charge on any atom is -0.398 e. The van der Waals surface area contributed by atoms with E-state index in [1.54, 1.807) is 11.8 Å². The highest BCUT2D eigenvalue weighted by Crippen LogP contribution is 2.34. The molecule has 1 atom stereocenters. The van der Waals surface area contributed by atoms with Crippen molar-refractivity contribution in [1.82, 2.24) is 10.6 Å². The lowest BCUT2D eigenvalue weighted by molar-refractivity contribution is -0.122. The molecular formula is C23H37N3OS. The first-order chi connectivity index (χ1) is 13.4. The van der Waals surface area contributed by atoms with Crippen LogP contribution < -0.4 is 16.4 Å². The zero-order chi connectivity index (χ0) is 20.5. The Morgan fingerprint density at radius 2 is 1.96 bits per heavy atom. The molecule has 1 aliphatic rings. The SMILES string of the molecule is C=C(CCC(=O)NC(CNC)C1CCCCC1)Sc1cc(C(C)C)ccc1N. The second-order valence-corrected chi connectivity index (χ2v) is 9.44. The van der Waals surface area contributed by atoms with Crippen LogP contribution in [0.15, 0.2) is 34.6 Å². The highest BCUT2D eigenvalue weighted by Gasteiger charge is 2.24. The molecule has 0 heterocycles. The number of amides is 1. The van der Waals surface area contributed by atoms with Gasteiger partial charge in [0.05, 0.1) is 0 Å². The lowest BCUT2D eigenvalue weighted by atomic mass is 9.83. The van der Waals surface area contributed by atoms with Crippen LogP contribution in [0.5, 0.6) is 0 Å². The van der Waals surface area contributed by atoms with Gasteiger partial charge in [-0.1, -0.05) is 57.5 Å². The monoisotopic (exact) mass is 403 g/mol. The Morgan fingerprint density at radius 3 is 2.61 bits per heavy atom. The number of nitrogen functional groups attached to an aromatic ring is 1. The molecule has 0 aliphatic heterocycles. The third-order valence-electron chi connectivity index (χ3n) is 5.58. The van der Waals surface area contributed by atoms with E-state index in [0.29, 0.717) is 24.7 Å². The van der Waals surface area contributed by atoms with Gasteiger partial charge in [0.1, 0.15) is 0 Å². The number of carbonyl (C=O) groups is 1. The van der Waals surface area contributed by atoms with E-state index in [9.17, 15) is 4.79 Å². The smallest absolute Gasteiger partial charge is 0.220 e. The zero-order valence-electron chi connectivity index (χ0n) is 17.7. The van der Waals surface area contributed by atoms with Crippen molar-refractivity contribution in [2.24, 2.45) is 5.92 Å². The summed E-state index contributed by atoms with van der Waals surface area (Å²) in [5, 5.41) is 6.50. The Balaban J connectivity index is 1.84. The normalized spacial score (nSPS) is 16.1. The van der Waals surface area contributed by atoms with Gasteiger partial charge < -0.3 is 16.4 Å². The maximum atomic E-state index is 12.5. The van der Waals surface area contributed by atoms with Gasteiger partial charge in [0.25, 0.3) is 0 Å². The second-order valence-electron chi connectivity index (χ2n) is 8.22. The molecule has 0 saturated heterocycles. The molecule has 0 aromatic heterocycles. The molecule has 1 fully saturated rings. The predicted molar refractivity (Wildman–Crippen MR) is 122 cm³/mol. The third kappa shape index (κ3) is 7.17. The number of carbonyl (C=O) groups excluding carboxylic acids is 1. The van der Waals surface area contributed by atoms with Crippen molar-refractivity contribution in [2.75, 3.05) is 19.3 Å². The van der Waals surface area contributed by atoms with E-state index >= 15 is 0 Å². The zero-order valence-corrected chi connectivity index (χ0v) is 18.5. The Labute approximate surface area is 175 Å². The lowest BCUT2D eigenvalue weighted by Crippen LogP contribution is -2.46. The largest absolute Gasteiger partial charge is 0.398 e. The van der Waals surface area contributed by atoms with Crippen molar-refractivity contribution in [3.8, 4) is 0 Å². The highest BCUT2D eigenvalue weighted by molar-refractivity contribution is 8.03. The number of hydrogen-bond acceptors (Lipinski definition) is 4. The molecule has 0 bridgehead atoms. The van der Waals surface area contributed by atoms with E-state index in [1.165, 1.54) is 37.7 Å². The van der Waals surface area contributed by atoms with Crippen LogP contribution >= 0.6 is 11.8 Å². The van der Waals surface area contributed by atoms with Gasteiger partial charge in [0, 0.05) is 29.6 Å². The Hall–Kier alpha value is -1.46. The lowest BCUT2D eigenvalue weighted by Gasteiger charge is -2.31. The van der Waals surface area contributed by atoms with Crippen molar-refractivity contribution in [3.63, 3.8) is 0 Å². The summed E-state index contributed by atoms with van der Waals surface area (Å²) in [6, 6.07) is 6.41. The number of anilines is 1. The van der Waals surface area contributed by atoms with E-state index in [0.717, 1.165) is 22.0 Å². The van der Waals surface area contributed by atoms with Gasteiger partial charge in [-0.2, -0.15) is 0 Å². The van der Waals surface area contributed by atoms with E-state index < -0.39 is 0 Å². The Morgan fingerprint density at radius 1 is 1.25 bits per heavy atom. The average molecular weight is 404 g/mol. The molecule has 28 heavy (non-hydrogen) atoms. The third-order valence-corrected chi connectivity index (χ3v) is 6.65. The summed E-state index contributed by atoms with van der Waals surface area (Å²) in [6.07, 6.45) is 7.48. The van der Waals surface area contributed by atoms with Crippen LogP contribution in [0.1, 0.15) is 70.3 Å². The molecule has 1 saturated carbocycles. The first kappa shape index (κ1) is 22.8. The fraction of sp³-hybridized carbons (Fsp3) is 0.609. The molecule has 1 unspecified atom stereocenters. The predicted octanol–water partition coefficient (Wildman–Crippen LogP) is 5.06. The molecule has 1 amide bonds. The Bertz CT molecular complexity index is 653.